The molecule has 0 heterocycles. The second kappa shape index (κ2) is 6.35. The predicted molar refractivity (Wildman–Crippen MR) is 54.9 cm³/mol. The van der Waals surface area contributed by atoms with E-state index < -0.39 is 5.97 Å². The van der Waals surface area contributed by atoms with Crippen LogP contribution in [-0.4, -0.2) is 18.9 Å². The van der Waals surface area contributed by atoms with E-state index in [0.717, 1.165) is 12.0 Å². The maximum atomic E-state index is 11.2. The molecular formula is C11H18O3. The van der Waals surface area contributed by atoms with Crippen molar-refractivity contribution in [3.63, 3.8) is 0 Å². The van der Waals surface area contributed by atoms with Gasteiger partial charge in [0.1, 0.15) is 12.2 Å². The highest BCUT2D eigenvalue weighted by Crippen LogP contribution is 2.14. The molecule has 0 unspecified atom stereocenters. The molecule has 0 aromatic carbocycles. The Morgan fingerprint density at radius 3 is 2.43 bits per heavy atom. The van der Waals surface area contributed by atoms with E-state index in [1.54, 1.807) is 0 Å². The molecule has 80 valence electrons. The van der Waals surface area contributed by atoms with Gasteiger partial charge in [-0.05, 0) is 19.3 Å². The first-order valence-electron chi connectivity index (χ1n) is 4.71. The Morgan fingerprint density at radius 2 is 2.00 bits per heavy atom. The molecule has 0 aliphatic carbocycles. The Balaban J connectivity index is 3.74. The molecule has 0 amide bonds. The maximum Gasteiger partial charge on any atom is 0.313 e. The Bertz CT molecular complexity index is 231. The highest BCUT2D eigenvalue weighted by Gasteiger charge is 2.11. The lowest BCUT2D eigenvalue weighted by atomic mass is 9.97. The Morgan fingerprint density at radius 1 is 1.43 bits per heavy atom. The fraction of sp³-hybridized carbons (Fsp3) is 0.636. The van der Waals surface area contributed by atoms with Gasteiger partial charge in [0.2, 0.25) is 0 Å². The molecule has 0 radical (unpaired) electrons. The van der Waals surface area contributed by atoms with Gasteiger partial charge in [-0.1, -0.05) is 19.1 Å². The van der Waals surface area contributed by atoms with E-state index in [4.69, 9.17) is 0 Å². The second-order valence-electron chi connectivity index (χ2n) is 3.58. The van der Waals surface area contributed by atoms with Gasteiger partial charge in [-0.3, -0.25) is 9.59 Å². The van der Waals surface area contributed by atoms with Crippen molar-refractivity contribution in [1.82, 2.24) is 0 Å². The zero-order valence-electron chi connectivity index (χ0n) is 9.13. The number of ketones is 1. The smallest absolute Gasteiger partial charge is 0.313 e. The quantitative estimate of drug-likeness (QED) is 0.373. The van der Waals surface area contributed by atoms with Gasteiger partial charge in [0.25, 0.3) is 0 Å². The summed E-state index contributed by atoms with van der Waals surface area (Å²) in [5, 5.41) is 0. The van der Waals surface area contributed by atoms with E-state index >= 15 is 0 Å². The van der Waals surface area contributed by atoms with Crippen LogP contribution in [0, 0.1) is 5.92 Å². The van der Waals surface area contributed by atoms with Crippen molar-refractivity contribution in [2.75, 3.05) is 7.11 Å². The monoisotopic (exact) mass is 198 g/mol. The zero-order chi connectivity index (χ0) is 11.1. The van der Waals surface area contributed by atoms with Crippen molar-refractivity contribution in [2.45, 2.75) is 33.1 Å². The van der Waals surface area contributed by atoms with Crippen LogP contribution in [0.1, 0.15) is 33.1 Å². The van der Waals surface area contributed by atoms with Crippen LogP contribution in [-0.2, 0) is 14.3 Å². The molecule has 0 aromatic heterocycles. The lowest BCUT2D eigenvalue weighted by molar-refractivity contribution is -0.143. The van der Waals surface area contributed by atoms with Crippen LogP contribution >= 0.6 is 0 Å². The molecule has 0 aromatic rings. The fourth-order valence-corrected chi connectivity index (χ4v) is 0.945. The van der Waals surface area contributed by atoms with Crippen molar-refractivity contribution in [1.29, 1.82) is 0 Å². The molecule has 0 saturated carbocycles. The van der Waals surface area contributed by atoms with Gasteiger partial charge < -0.3 is 4.74 Å². The summed E-state index contributed by atoms with van der Waals surface area (Å²) in [6.45, 7) is 7.77. The largest absolute Gasteiger partial charge is 0.469 e. The van der Waals surface area contributed by atoms with E-state index in [9.17, 15) is 9.59 Å². The van der Waals surface area contributed by atoms with Crippen molar-refractivity contribution < 1.29 is 14.3 Å². The van der Waals surface area contributed by atoms with Gasteiger partial charge in [-0.25, -0.2) is 0 Å². The number of hydrogen-bond acceptors (Lipinski definition) is 3. The van der Waals surface area contributed by atoms with Crippen molar-refractivity contribution in [3.05, 3.63) is 12.2 Å². The number of ether oxygens (including phenoxy) is 1. The van der Waals surface area contributed by atoms with Gasteiger partial charge in [-0.15, -0.1) is 0 Å². The van der Waals surface area contributed by atoms with E-state index in [1.807, 2.05) is 13.8 Å². The first-order valence-corrected chi connectivity index (χ1v) is 4.71. The number of rotatable bonds is 6. The molecule has 0 saturated heterocycles. The third-order valence-electron chi connectivity index (χ3n) is 2.27. The van der Waals surface area contributed by atoms with Gasteiger partial charge in [-0.2, -0.15) is 0 Å². The van der Waals surface area contributed by atoms with E-state index in [2.05, 4.69) is 11.3 Å². The lowest BCUT2D eigenvalue weighted by Gasteiger charge is -2.09. The number of allylic oxidation sites excluding steroid dienone is 1. The van der Waals surface area contributed by atoms with Crippen LogP contribution in [0.15, 0.2) is 12.2 Å². The number of methoxy groups -OCH3 is 1. The summed E-state index contributed by atoms with van der Waals surface area (Å²) in [5.41, 5.74) is 1.07. The summed E-state index contributed by atoms with van der Waals surface area (Å²) in [4.78, 5) is 21.9. The average Bonchev–Trinajstić information content (AvgIpc) is 2.13. The van der Waals surface area contributed by atoms with E-state index in [-0.39, 0.29) is 12.2 Å². The van der Waals surface area contributed by atoms with Crippen LogP contribution in [0.5, 0.6) is 0 Å². The minimum absolute atomic E-state index is 0.0649. The third-order valence-corrected chi connectivity index (χ3v) is 2.27. The van der Waals surface area contributed by atoms with Gasteiger partial charge in [0.15, 0.2) is 0 Å². The lowest BCUT2D eigenvalue weighted by Crippen LogP contribution is -2.10. The summed E-state index contributed by atoms with van der Waals surface area (Å²) in [5.74, 6) is -0.195. The van der Waals surface area contributed by atoms with Crippen LogP contribution in [0.25, 0.3) is 0 Å². The highest BCUT2D eigenvalue weighted by atomic mass is 16.5. The predicted octanol–water partition coefficient (Wildman–Crippen LogP) is 2.11. The molecule has 0 fully saturated rings. The Hall–Kier alpha value is -1.12. The maximum absolute atomic E-state index is 11.2. The number of carbonyl (C=O) groups is 2. The number of hydrogen-bond donors (Lipinski definition) is 0. The van der Waals surface area contributed by atoms with Crippen molar-refractivity contribution in [2.24, 2.45) is 5.92 Å². The molecule has 0 spiro atoms. The van der Waals surface area contributed by atoms with Crippen LogP contribution in [0.2, 0.25) is 0 Å². The molecule has 0 N–H and O–H groups in total. The summed E-state index contributed by atoms with van der Waals surface area (Å²) in [7, 11) is 1.28. The standard InChI is InChI=1S/C11H18O3/c1-8(2)9(3)5-6-10(12)7-11(13)14-4/h9H,1,5-7H2,2-4H3/t9-/m0/s1. The molecule has 0 rings (SSSR count). The second-order valence-corrected chi connectivity index (χ2v) is 3.58. The van der Waals surface area contributed by atoms with E-state index in [1.165, 1.54) is 7.11 Å². The molecule has 3 heteroatoms. The zero-order valence-corrected chi connectivity index (χ0v) is 9.13. The van der Waals surface area contributed by atoms with Gasteiger partial charge >= 0.3 is 5.97 Å². The normalized spacial score (nSPS) is 11.9. The SMILES string of the molecule is C=C(C)[C@@H](C)CCC(=O)CC(=O)OC. The first kappa shape index (κ1) is 12.9. The summed E-state index contributed by atoms with van der Waals surface area (Å²) >= 11 is 0. The number of Topliss-reactive ketones (excluding diaryl/α,β-unsaturated/α-hetero) is 1. The third kappa shape index (κ3) is 5.51. The fourth-order valence-electron chi connectivity index (χ4n) is 0.945. The molecule has 0 aliphatic heterocycles. The topological polar surface area (TPSA) is 43.4 Å². The van der Waals surface area contributed by atoms with Crippen LogP contribution in [0.4, 0.5) is 0 Å². The van der Waals surface area contributed by atoms with Crippen LogP contribution in [0.3, 0.4) is 0 Å². The van der Waals surface area contributed by atoms with Crippen LogP contribution < -0.4 is 0 Å². The summed E-state index contributed by atoms with van der Waals surface area (Å²) < 4.78 is 4.40. The Labute approximate surface area is 85.1 Å². The summed E-state index contributed by atoms with van der Waals surface area (Å²) in [6, 6.07) is 0. The van der Waals surface area contributed by atoms with Crippen molar-refractivity contribution in [3.8, 4) is 0 Å². The highest BCUT2D eigenvalue weighted by molar-refractivity contribution is 5.95. The Kier molecular flexibility index (Phi) is 5.84. The molecule has 14 heavy (non-hydrogen) atoms. The van der Waals surface area contributed by atoms with Gasteiger partial charge in [0.05, 0.1) is 7.11 Å². The molecular weight excluding hydrogens is 180 g/mol. The molecule has 0 bridgehead atoms. The average molecular weight is 198 g/mol. The van der Waals surface area contributed by atoms with Crippen molar-refractivity contribution >= 4 is 11.8 Å². The van der Waals surface area contributed by atoms with E-state index in [0.29, 0.717) is 12.3 Å². The van der Waals surface area contributed by atoms with Gasteiger partial charge in [0, 0.05) is 6.42 Å². The molecule has 1 atom stereocenters. The number of esters is 1. The summed E-state index contributed by atoms with van der Waals surface area (Å²) in [6.07, 6.45) is 1.06. The minimum Gasteiger partial charge on any atom is -0.469 e. The number of carbonyl (C=O) groups excluding carboxylic acids is 2. The molecule has 3 nitrogen and oxygen atoms in total. The minimum atomic E-state index is -0.460. The first-order chi connectivity index (χ1) is 6.47. The molecule has 0 aliphatic rings.